The molecule has 0 aliphatic carbocycles. The zero-order valence-electron chi connectivity index (χ0n) is 8.58. The van der Waals surface area contributed by atoms with Crippen molar-refractivity contribution >= 4 is 27.6 Å². The molecule has 3 aromatic rings. The molecule has 0 unspecified atom stereocenters. The van der Waals surface area contributed by atoms with Crippen LogP contribution in [0.1, 0.15) is 0 Å². The molecule has 0 amide bonds. The molecule has 0 aliphatic rings. The van der Waals surface area contributed by atoms with Gasteiger partial charge in [-0.15, -0.1) is 0 Å². The molecule has 1 N–H and O–H groups in total. The van der Waals surface area contributed by atoms with E-state index in [1.165, 1.54) is 12.1 Å². The van der Waals surface area contributed by atoms with Gasteiger partial charge in [0.05, 0.1) is 11.0 Å². The molecular formula is C12H7NO4. The van der Waals surface area contributed by atoms with Crippen LogP contribution in [0.15, 0.2) is 40.8 Å². The maximum Gasteiger partial charge on any atom is 0.314 e. The Balaban J connectivity index is 2.46. The molecule has 0 saturated heterocycles. The molecule has 1 aromatic heterocycles. The van der Waals surface area contributed by atoms with Crippen molar-refractivity contribution in [3.05, 3.63) is 46.5 Å². The number of phenolic OH excluding ortho intramolecular Hbond substituents is 1. The number of nitrogens with zero attached hydrogens (tertiary/aromatic N) is 1. The minimum atomic E-state index is -0.637. The predicted octanol–water partition coefficient (Wildman–Crippen LogP) is 3.20. The van der Waals surface area contributed by atoms with E-state index < -0.39 is 4.92 Å². The molecule has 84 valence electrons. The van der Waals surface area contributed by atoms with Crippen LogP contribution in [0.5, 0.6) is 5.75 Å². The molecule has 0 radical (unpaired) electrons. The number of nitro groups is 1. The smallest absolute Gasteiger partial charge is 0.314 e. The topological polar surface area (TPSA) is 76.5 Å². The van der Waals surface area contributed by atoms with Gasteiger partial charge in [0.15, 0.2) is 5.75 Å². The lowest BCUT2D eigenvalue weighted by molar-refractivity contribution is -0.385. The SMILES string of the molecule is O=[N+]([O-])c1cc2oc3ccccc3c2cc1O. The number of fused-ring (bicyclic) bond motifs is 3. The highest BCUT2D eigenvalue weighted by Crippen LogP contribution is 2.36. The summed E-state index contributed by atoms with van der Waals surface area (Å²) in [6, 6.07) is 9.88. The van der Waals surface area contributed by atoms with Gasteiger partial charge in [0.1, 0.15) is 11.2 Å². The maximum absolute atomic E-state index is 10.7. The number of phenols is 1. The molecule has 0 fully saturated rings. The van der Waals surface area contributed by atoms with Crippen molar-refractivity contribution in [3.8, 4) is 5.75 Å². The summed E-state index contributed by atoms with van der Waals surface area (Å²) in [6.45, 7) is 0. The first kappa shape index (κ1) is 9.65. The van der Waals surface area contributed by atoms with E-state index in [4.69, 9.17) is 4.42 Å². The molecule has 3 rings (SSSR count). The van der Waals surface area contributed by atoms with Crippen molar-refractivity contribution in [2.24, 2.45) is 0 Å². The first-order chi connectivity index (χ1) is 8.16. The first-order valence-electron chi connectivity index (χ1n) is 4.95. The number of rotatable bonds is 1. The predicted molar refractivity (Wildman–Crippen MR) is 62.0 cm³/mol. The fourth-order valence-corrected chi connectivity index (χ4v) is 1.90. The average Bonchev–Trinajstić information content (AvgIpc) is 2.65. The fourth-order valence-electron chi connectivity index (χ4n) is 1.90. The number of hydrogen-bond donors (Lipinski definition) is 1. The van der Waals surface area contributed by atoms with E-state index in [0.717, 1.165) is 5.39 Å². The number of para-hydroxylation sites is 1. The Bertz CT molecular complexity index is 745. The second-order valence-corrected chi connectivity index (χ2v) is 3.69. The lowest BCUT2D eigenvalue weighted by Gasteiger charge is -1.95. The highest BCUT2D eigenvalue weighted by Gasteiger charge is 2.17. The van der Waals surface area contributed by atoms with Crippen LogP contribution in [0.3, 0.4) is 0 Å². The van der Waals surface area contributed by atoms with Crippen LogP contribution in [0.25, 0.3) is 21.9 Å². The van der Waals surface area contributed by atoms with Crippen LogP contribution in [0.2, 0.25) is 0 Å². The Morgan fingerprint density at radius 1 is 1.12 bits per heavy atom. The molecule has 2 aromatic carbocycles. The van der Waals surface area contributed by atoms with Crippen LogP contribution in [-0.2, 0) is 0 Å². The van der Waals surface area contributed by atoms with Gasteiger partial charge >= 0.3 is 5.69 Å². The largest absolute Gasteiger partial charge is 0.502 e. The zero-order valence-corrected chi connectivity index (χ0v) is 8.58. The monoisotopic (exact) mass is 229 g/mol. The number of furan rings is 1. The molecule has 1 heterocycles. The van der Waals surface area contributed by atoms with Crippen LogP contribution < -0.4 is 0 Å². The lowest BCUT2D eigenvalue weighted by Crippen LogP contribution is -1.87. The number of benzene rings is 2. The Labute approximate surface area is 95.0 Å². The fraction of sp³-hybridized carbons (Fsp3) is 0. The Morgan fingerprint density at radius 3 is 2.65 bits per heavy atom. The van der Waals surface area contributed by atoms with E-state index in [1.807, 2.05) is 18.2 Å². The summed E-state index contributed by atoms with van der Waals surface area (Å²) in [7, 11) is 0. The molecule has 5 nitrogen and oxygen atoms in total. The van der Waals surface area contributed by atoms with Gasteiger partial charge in [-0.3, -0.25) is 10.1 Å². The lowest BCUT2D eigenvalue weighted by atomic mass is 10.1. The van der Waals surface area contributed by atoms with Gasteiger partial charge in [-0.1, -0.05) is 18.2 Å². The Morgan fingerprint density at radius 2 is 1.88 bits per heavy atom. The number of hydrogen-bond acceptors (Lipinski definition) is 4. The summed E-state index contributed by atoms with van der Waals surface area (Å²) in [6.07, 6.45) is 0. The van der Waals surface area contributed by atoms with Crippen LogP contribution in [0.4, 0.5) is 5.69 Å². The minimum absolute atomic E-state index is 0.350. The third kappa shape index (κ3) is 1.32. The van der Waals surface area contributed by atoms with Gasteiger partial charge in [0.2, 0.25) is 0 Å². The maximum atomic E-state index is 10.7. The standard InChI is InChI=1S/C12H7NO4/c14-10-5-8-7-3-1-2-4-11(7)17-12(8)6-9(10)13(15)16/h1-6,14H. The minimum Gasteiger partial charge on any atom is -0.502 e. The van der Waals surface area contributed by atoms with Gasteiger partial charge < -0.3 is 9.52 Å². The summed E-state index contributed by atoms with van der Waals surface area (Å²) < 4.78 is 5.48. The van der Waals surface area contributed by atoms with E-state index in [1.54, 1.807) is 6.07 Å². The van der Waals surface area contributed by atoms with E-state index in [9.17, 15) is 15.2 Å². The van der Waals surface area contributed by atoms with Gasteiger partial charge in [0.25, 0.3) is 0 Å². The van der Waals surface area contributed by atoms with Crippen molar-refractivity contribution in [1.29, 1.82) is 0 Å². The summed E-state index contributed by atoms with van der Waals surface area (Å²) in [5, 5.41) is 21.8. The number of nitro benzene ring substituents is 1. The van der Waals surface area contributed by atoms with Crippen molar-refractivity contribution < 1.29 is 14.4 Å². The van der Waals surface area contributed by atoms with E-state index in [0.29, 0.717) is 16.6 Å². The van der Waals surface area contributed by atoms with Gasteiger partial charge in [-0.05, 0) is 12.1 Å². The summed E-state index contributed by atoms with van der Waals surface area (Å²) in [5.41, 5.74) is 0.689. The van der Waals surface area contributed by atoms with Crippen molar-refractivity contribution in [3.63, 3.8) is 0 Å². The Kier molecular flexibility index (Phi) is 1.82. The van der Waals surface area contributed by atoms with E-state index >= 15 is 0 Å². The number of aromatic hydroxyl groups is 1. The van der Waals surface area contributed by atoms with Crippen molar-refractivity contribution in [2.45, 2.75) is 0 Å². The van der Waals surface area contributed by atoms with Gasteiger partial charge in [0, 0.05) is 10.8 Å². The normalized spacial score (nSPS) is 11.1. The highest BCUT2D eigenvalue weighted by atomic mass is 16.6. The molecule has 5 heteroatoms. The Hall–Kier alpha value is -2.56. The second-order valence-electron chi connectivity index (χ2n) is 3.69. The van der Waals surface area contributed by atoms with E-state index in [-0.39, 0.29) is 11.4 Å². The first-order valence-corrected chi connectivity index (χ1v) is 4.95. The van der Waals surface area contributed by atoms with Gasteiger partial charge in [-0.25, -0.2) is 0 Å². The van der Waals surface area contributed by atoms with E-state index in [2.05, 4.69) is 0 Å². The zero-order chi connectivity index (χ0) is 12.0. The molecule has 0 spiro atoms. The average molecular weight is 229 g/mol. The van der Waals surface area contributed by atoms with Gasteiger partial charge in [-0.2, -0.15) is 0 Å². The van der Waals surface area contributed by atoms with Crippen molar-refractivity contribution in [2.75, 3.05) is 0 Å². The summed E-state index contributed by atoms with van der Waals surface area (Å²) >= 11 is 0. The molecule has 0 bridgehead atoms. The van der Waals surface area contributed by atoms with Crippen LogP contribution >= 0.6 is 0 Å². The van der Waals surface area contributed by atoms with Crippen LogP contribution in [-0.4, -0.2) is 10.0 Å². The van der Waals surface area contributed by atoms with Crippen LogP contribution in [0, 0.1) is 10.1 Å². The quantitative estimate of drug-likeness (QED) is 0.513. The third-order valence-electron chi connectivity index (χ3n) is 2.67. The molecule has 0 saturated carbocycles. The summed E-state index contributed by atoms with van der Waals surface area (Å²) in [4.78, 5) is 10.0. The highest BCUT2D eigenvalue weighted by molar-refractivity contribution is 6.06. The van der Waals surface area contributed by atoms with Crippen molar-refractivity contribution in [1.82, 2.24) is 0 Å². The molecular weight excluding hydrogens is 222 g/mol. The summed E-state index contributed by atoms with van der Waals surface area (Å²) in [5.74, 6) is -0.353. The molecule has 17 heavy (non-hydrogen) atoms. The second kappa shape index (κ2) is 3.21. The molecule has 0 atom stereocenters. The third-order valence-corrected chi connectivity index (χ3v) is 2.67. The molecule has 0 aliphatic heterocycles.